The van der Waals surface area contributed by atoms with Crippen LogP contribution in [0, 0.1) is 12.7 Å². The fourth-order valence-electron chi connectivity index (χ4n) is 2.54. The van der Waals surface area contributed by atoms with Gasteiger partial charge in [0.2, 0.25) is 0 Å². The topological polar surface area (TPSA) is 50.4 Å². The van der Waals surface area contributed by atoms with E-state index in [2.05, 4.69) is 10.6 Å². The molecule has 134 valence electrons. The smallest absolute Gasteiger partial charge is 0.412 e. The van der Waals surface area contributed by atoms with Gasteiger partial charge in [0.1, 0.15) is 11.4 Å². The van der Waals surface area contributed by atoms with Crippen LogP contribution in [0.4, 0.5) is 20.6 Å². The Balaban J connectivity index is 2.21. The molecule has 0 aliphatic carbocycles. The van der Waals surface area contributed by atoms with Gasteiger partial charge in [0, 0.05) is 6.04 Å². The highest BCUT2D eigenvalue weighted by atomic mass is 19.1. The zero-order valence-electron chi connectivity index (χ0n) is 15.3. The van der Waals surface area contributed by atoms with Crippen LogP contribution in [0.5, 0.6) is 0 Å². The third-order valence-electron chi connectivity index (χ3n) is 3.64. The molecule has 0 aliphatic heterocycles. The lowest BCUT2D eigenvalue weighted by atomic mass is 10.0. The predicted octanol–water partition coefficient (Wildman–Crippen LogP) is 5.65. The van der Waals surface area contributed by atoms with E-state index in [1.165, 1.54) is 18.2 Å². The summed E-state index contributed by atoms with van der Waals surface area (Å²) in [6, 6.07) is 12.1. The van der Waals surface area contributed by atoms with E-state index in [1.54, 1.807) is 20.8 Å². The summed E-state index contributed by atoms with van der Waals surface area (Å²) < 4.78 is 19.0. The van der Waals surface area contributed by atoms with E-state index in [1.807, 2.05) is 38.1 Å². The minimum Gasteiger partial charge on any atom is -0.444 e. The van der Waals surface area contributed by atoms with Gasteiger partial charge in [-0.1, -0.05) is 24.3 Å². The minimum atomic E-state index is -0.605. The van der Waals surface area contributed by atoms with E-state index in [4.69, 9.17) is 4.74 Å². The van der Waals surface area contributed by atoms with Gasteiger partial charge in [-0.05, 0) is 63.9 Å². The van der Waals surface area contributed by atoms with Gasteiger partial charge >= 0.3 is 6.09 Å². The monoisotopic (exact) mass is 344 g/mol. The third kappa shape index (κ3) is 5.48. The van der Waals surface area contributed by atoms with Gasteiger partial charge in [0.05, 0.1) is 11.4 Å². The first-order valence-corrected chi connectivity index (χ1v) is 8.27. The molecule has 25 heavy (non-hydrogen) atoms. The molecule has 0 heterocycles. The Bertz CT molecular complexity index is 754. The van der Waals surface area contributed by atoms with Crippen molar-refractivity contribution in [2.75, 3.05) is 10.6 Å². The van der Waals surface area contributed by atoms with Crippen LogP contribution in [-0.4, -0.2) is 11.7 Å². The van der Waals surface area contributed by atoms with Gasteiger partial charge in [-0.2, -0.15) is 0 Å². The Labute approximate surface area is 148 Å². The maximum atomic E-state index is 13.7. The molecule has 2 aromatic rings. The SMILES string of the molecule is Cc1ccccc1C(C)Nc1cc(F)ccc1NC(=O)OC(C)(C)C. The van der Waals surface area contributed by atoms with Crippen LogP contribution in [0.1, 0.15) is 44.9 Å². The van der Waals surface area contributed by atoms with E-state index in [0.717, 1.165) is 11.1 Å². The van der Waals surface area contributed by atoms with Crippen molar-refractivity contribution in [1.29, 1.82) is 0 Å². The highest BCUT2D eigenvalue weighted by Gasteiger charge is 2.18. The number of amides is 1. The second-order valence-corrected chi connectivity index (χ2v) is 7.04. The maximum Gasteiger partial charge on any atom is 0.412 e. The predicted molar refractivity (Wildman–Crippen MR) is 99.5 cm³/mol. The molecule has 0 aromatic heterocycles. The summed E-state index contributed by atoms with van der Waals surface area (Å²) in [6.45, 7) is 9.38. The van der Waals surface area contributed by atoms with Gasteiger partial charge in [0.25, 0.3) is 0 Å². The summed E-state index contributed by atoms with van der Waals surface area (Å²) in [4.78, 5) is 12.0. The second-order valence-electron chi connectivity index (χ2n) is 7.04. The van der Waals surface area contributed by atoms with Crippen molar-refractivity contribution in [2.24, 2.45) is 0 Å². The first kappa shape index (κ1) is 18.8. The van der Waals surface area contributed by atoms with Crippen LogP contribution < -0.4 is 10.6 Å². The molecule has 2 aromatic carbocycles. The van der Waals surface area contributed by atoms with E-state index in [9.17, 15) is 9.18 Å². The number of carbonyl (C=O) groups is 1. The van der Waals surface area contributed by atoms with Crippen molar-refractivity contribution >= 4 is 17.5 Å². The average Bonchev–Trinajstić information content (AvgIpc) is 2.48. The van der Waals surface area contributed by atoms with E-state index >= 15 is 0 Å². The number of aryl methyl sites for hydroxylation is 1. The number of hydrogen-bond donors (Lipinski definition) is 2. The molecule has 0 fully saturated rings. The van der Waals surface area contributed by atoms with E-state index in [-0.39, 0.29) is 11.9 Å². The standard InChI is InChI=1S/C20H25FN2O2/c1-13-8-6-7-9-16(13)14(2)22-18-12-15(21)10-11-17(18)23-19(24)25-20(3,4)5/h6-12,14,22H,1-5H3,(H,23,24). The molecule has 0 saturated heterocycles. The van der Waals surface area contributed by atoms with Gasteiger partial charge in [-0.25, -0.2) is 9.18 Å². The normalized spacial score (nSPS) is 12.4. The lowest BCUT2D eigenvalue weighted by molar-refractivity contribution is 0.0636. The number of rotatable bonds is 4. The molecule has 5 heteroatoms. The number of benzene rings is 2. The van der Waals surface area contributed by atoms with Crippen molar-refractivity contribution in [1.82, 2.24) is 0 Å². The number of nitrogens with one attached hydrogen (secondary N) is 2. The fourth-order valence-corrected chi connectivity index (χ4v) is 2.54. The Morgan fingerprint density at radius 1 is 1.12 bits per heavy atom. The molecule has 0 spiro atoms. The lowest BCUT2D eigenvalue weighted by Gasteiger charge is -2.22. The molecule has 1 amide bonds. The summed E-state index contributed by atoms with van der Waals surface area (Å²) in [5.74, 6) is -0.380. The maximum absolute atomic E-state index is 13.7. The largest absolute Gasteiger partial charge is 0.444 e. The summed E-state index contributed by atoms with van der Waals surface area (Å²) in [5, 5.41) is 5.94. The number of ether oxygens (including phenoxy) is 1. The number of carbonyl (C=O) groups excluding carboxylic acids is 1. The quantitative estimate of drug-likeness (QED) is 0.753. The van der Waals surface area contributed by atoms with Crippen LogP contribution in [0.3, 0.4) is 0 Å². The molecule has 0 radical (unpaired) electrons. The highest BCUT2D eigenvalue weighted by Crippen LogP contribution is 2.29. The fraction of sp³-hybridized carbons (Fsp3) is 0.350. The van der Waals surface area contributed by atoms with Gasteiger partial charge in [0.15, 0.2) is 0 Å². The molecule has 0 aliphatic rings. The van der Waals surface area contributed by atoms with Crippen LogP contribution in [-0.2, 0) is 4.74 Å². The summed E-state index contributed by atoms with van der Waals surface area (Å²) >= 11 is 0. The Hall–Kier alpha value is -2.56. The van der Waals surface area contributed by atoms with Crippen LogP contribution in [0.2, 0.25) is 0 Å². The number of anilines is 2. The van der Waals surface area contributed by atoms with Crippen LogP contribution >= 0.6 is 0 Å². The van der Waals surface area contributed by atoms with Crippen molar-refractivity contribution in [3.63, 3.8) is 0 Å². The molecule has 0 bridgehead atoms. The average molecular weight is 344 g/mol. The molecule has 1 unspecified atom stereocenters. The molecule has 2 rings (SSSR count). The molecule has 0 saturated carbocycles. The first-order valence-electron chi connectivity index (χ1n) is 8.27. The molecule has 1 atom stereocenters. The van der Waals surface area contributed by atoms with Crippen molar-refractivity contribution in [2.45, 2.75) is 46.3 Å². The second kappa shape index (κ2) is 7.55. The summed E-state index contributed by atoms with van der Waals surface area (Å²) in [6.07, 6.45) is -0.578. The van der Waals surface area contributed by atoms with Crippen LogP contribution in [0.25, 0.3) is 0 Å². The number of halogens is 1. The van der Waals surface area contributed by atoms with Crippen LogP contribution in [0.15, 0.2) is 42.5 Å². The Morgan fingerprint density at radius 3 is 2.44 bits per heavy atom. The van der Waals surface area contributed by atoms with Gasteiger partial charge in [-0.3, -0.25) is 5.32 Å². The zero-order chi connectivity index (χ0) is 18.6. The lowest BCUT2D eigenvalue weighted by Crippen LogP contribution is -2.27. The van der Waals surface area contributed by atoms with E-state index < -0.39 is 11.7 Å². The van der Waals surface area contributed by atoms with Crippen molar-refractivity contribution in [3.8, 4) is 0 Å². The Morgan fingerprint density at radius 2 is 1.80 bits per heavy atom. The van der Waals surface area contributed by atoms with Crippen molar-refractivity contribution in [3.05, 3.63) is 59.4 Å². The van der Waals surface area contributed by atoms with Gasteiger partial charge in [-0.15, -0.1) is 0 Å². The molecule has 2 N–H and O–H groups in total. The third-order valence-corrected chi connectivity index (χ3v) is 3.64. The molecule has 4 nitrogen and oxygen atoms in total. The highest BCUT2D eigenvalue weighted by molar-refractivity contribution is 5.89. The zero-order valence-corrected chi connectivity index (χ0v) is 15.3. The minimum absolute atomic E-state index is 0.0535. The molecular formula is C20H25FN2O2. The van der Waals surface area contributed by atoms with E-state index in [0.29, 0.717) is 11.4 Å². The first-order chi connectivity index (χ1) is 11.7. The summed E-state index contributed by atoms with van der Waals surface area (Å²) in [7, 11) is 0. The van der Waals surface area contributed by atoms with Gasteiger partial charge < -0.3 is 10.1 Å². The number of hydrogen-bond acceptors (Lipinski definition) is 3. The summed E-state index contributed by atoms with van der Waals surface area (Å²) in [5.41, 5.74) is 2.61. The molecular weight excluding hydrogens is 319 g/mol. The van der Waals surface area contributed by atoms with Crippen molar-refractivity contribution < 1.29 is 13.9 Å². The Kier molecular flexibility index (Phi) is 5.67.